The molecule has 1 saturated heterocycles. The number of aliphatic carboxylic acids is 1. The Bertz CT molecular complexity index is 233. The highest BCUT2D eigenvalue weighted by Crippen LogP contribution is 2.27. The Morgan fingerprint density at radius 1 is 1.75 bits per heavy atom. The topological polar surface area (TPSA) is 102 Å². The zero-order chi connectivity index (χ0) is 9.35. The third-order valence-corrected chi connectivity index (χ3v) is 2.37. The molecule has 0 unspecified atom stereocenters. The van der Waals surface area contributed by atoms with Crippen LogP contribution in [0.4, 0.5) is 0 Å². The van der Waals surface area contributed by atoms with Gasteiger partial charge in [-0.25, -0.2) is 4.79 Å². The van der Waals surface area contributed by atoms with Gasteiger partial charge in [-0.05, 0) is 0 Å². The molecule has 1 aliphatic heterocycles. The lowest BCUT2D eigenvalue weighted by molar-refractivity contribution is -0.150. The third kappa shape index (κ3) is 1.57. The lowest BCUT2D eigenvalue weighted by atomic mass is 10.1. The van der Waals surface area contributed by atoms with Crippen molar-refractivity contribution >= 4 is 27.8 Å². The zero-order valence-corrected chi connectivity index (χ0v) is 7.50. The van der Waals surface area contributed by atoms with Gasteiger partial charge in [0, 0.05) is 6.42 Å². The van der Waals surface area contributed by atoms with Crippen LogP contribution in [-0.4, -0.2) is 27.5 Å². The minimum atomic E-state index is -1.25. The fourth-order valence-corrected chi connectivity index (χ4v) is 1.18. The van der Waals surface area contributed by atoms with Crippen molar-refractivity contribution in [1.82, 2.24) is 5.48 Å². The number of nitrogens with one attached hydrogen (secondary N) is 1. The van der Waals surface area contributed by atoms with Crippen molar-refractivity contribution in [2.75, 3.05) is 0 Å². The van der Waals surface area contributed by atoms with Crippen LogP contribution in [-0.2, 0) is 14.4 Å². The SMILES string of the molecule is NC(=O)[C@@]1(Br)C[C@@H](C(=O)O)ON1. The first kappa shape index (κ1) is 9.43. The molecular weight excluding hydrogens is 232 g/mol. The Balaban J connectivity index is 2.67. The molecule has 1 amide bonds. The molecule has 1 heterocycles. The molecule has 0 aromatic heterocycles. The number of amides is 1. The number of hydrogen-bond acceptors (Lipinski definition) is 4. The number of nitrogens with two attached hydrogens (primary N) is 1. The highest BCUT2D eigenvalue weighted by Gasteiger charge is 2.45. The fourth-order valence-electron chi connectivity index (χ4n) is 0.792. The molecule has 0 bridgehead atoms. The zero-order valence-electron chi connectivity index (χ0n) is 5.91. The summed E-state index contributed by atoms with van der Waals surface area (Å²) < 4.78 is -1.25. The van der Waals surface area contributed by atoms with Crippen molar-refractivity contribution in [1.29, 1.82) is 0 Å². The van der Waals surface area contributed by atoms with Gasteiger partial charge in [0.15, 0.2) is 10.6 Å². The Hall–Kier alpha value is -0.660. The van der Waals surface area contributed by atoms with Crippen molar-refractivity contribution in [3.8, 4) is 0 Å². The standard InChI is InChI=1S/C5H7BrN2O4/c6-5(4(7)11)1-2(3(9)10)12-8-5/h2,8H,1H2,(H2,7,11)(H,9,10)/t2-,5+/m0/s1. The summed E-state index contributed by atoms with van der Waals surface area (Å²) in [5.74, 6) is -1.84. The minimum Gasteiger partial charge on any atom is -0.479 e. The Kier molecular flexibility index (Phi) is 2.36. The van der Waals surface area contributed by atoms with Gasteiger partial charge < -0.3 is 10.8 Å². The molecular formula is C5H7BrN2O4. The van der Waals surface area contributed by atoms with Crippen molar-refractivity contribution in [3.05, 3.63) is 0 Å². The summed E-state index contributed by atoms with van der Waals surface area (Å²) in [4.78, 5) is 25.7. The molecule has 4 N–H and O–H groups in total. The average Bonchev–Trinajstić information content (AvgIpc) is 2.33. The average molecular weight is 239 g/mol. The summed E-state index contributed by atoms with van der Waals surface area (Å²) in [6.45, 7) is 0. The van der Waals surface area contributed by atoms with Crippen LogP contribution < -0.4 is 11.2 Å². The van der Waals surface area contributed by atoms with Gasteiger partial charge in [-0.1, -0.05) is 15.9 Å². The van der Waals surface area contributed by atoms with E-state index in [1.165, 1.54) is 0 Å². The van der Waals surface area contributed by atoms with E-state index in [0.717, 1.165) is 0 Å². The van der Waals surface area contributed by atoms with Crippen LogP contribution in [0.3, 0.4) is 0 Å². The van der Waals surface area contributed by atoms with Crippen LogP contribution in [0, 0.1) is 0 Å². The van der Waals surface area contributed by atoms with Gasteiger partial charge in [-0.15, -0.1) is 0 Å². The molecule has 1 aliphatic rings. The summed E-state index contributed by atoms with van der Waals surface area (Å²) in [6, 6.07) is 0. The number of primary amides is 1. The van der Waals surface area contributed by atoms with Crippen LogP contribution >= 0.6 is 15.9 Å². The monoisotopic (exact) mass is 238 g/mol. The van der Waals surface area contributed by atoms with Crippen molar-refractivity contribution in [2.45, 2.75) is 17.0 Å². The summed E-state index contributed by atoms with van der Waals surface area (Å²) >= 11 is 2.94. The number of carboxylic acid groups (broad SMARTS) is 1. The molecule has 0 aromatic carbocycles. The summed E-state index contributed by atoms with van der Waals surface area (Å²) in [5, 5.41) is 8.49. The second kappa shape index (κ2) is 3.00. The second-order valence-electron chi connectivity index (χ2n) is 2.42. The second-order valence-corrected chi connectivity index (χ2v) is 3.77. The number of rotatable bonds is 2. The van der Waals surface area contributed by atoms with E-state index in [0.29, 0.717) is 0 Å². The Labute approximate surface area is 76.1 Å². The van der Waals surface area contributed by atoms with Gasteiger partial charge in [-0.2, -0.15) is 5.48 Å². The van der Waals surface area contributed by atoms with E-state index in [9.17, 15) is 9.59 Å². The first-order valence-corrected chi connectivity index (χ1v) is 3.89. The van der Waals surface area contributed by atoms with Crippen molar-refractivity contribution in [2.24, 2.45) is 5.73 Å². The van der Waals surface area contributed by atoms with Crippen molar-refractivity contribution in [3.63, 3.8) is 0 Å². The first-order valence-electron chi connectivity index (χ1n) is 3.10. The van der Waals surface area contributed by atoms with Crippen LogP contribution in [0.2, 0.25) is 0 Å². The molecule has 2 atom stereocenters. The predicted octanol–water partition coefficient (Wildman–Crippen LogP) is -1.06. The van der Waals surface area contributed by atoms with E-state index in [-0.39, 0.29) is 6.42 Å². The maximum atomic E-state index is 10.7. The minimum absolute atomic E-state index is 0.0301. The van der Waals surface area contributed by atoms with Gasteiger partial charge >= 0.3 is 5.97 Å². The van der Waals surface area contributed by atoms with Crippen LogP contribution in [0.5, 0.6) is 0 Å². The summed E-state index contributed by atoms with van der Waals surface area (Å²) in [6.07, 6.45) is -1.07. The molecule has 0 saturated carbocycles. The van der Waals surface area contributed by atoms with E-state index < -0.39 is 22.4 Å². The van der Waals surface area contributed by atoms with Gasteiger partial charge in [0.1, 0.15) is 0 Å². The van der Waals surface area contributed by atoms with E-state index in [4.69, 9.17) is 10.8 Å². The normalized spacial score (nSPS) is 34.9. The molecule has 68 valence electrons. The van der Waals surface area contributed by atoms with E-state index in [1.807, 2.05) is 0 Å². The summed E-state index contributed by atoms with van der Waals surface area (Å²) in [5.41, 5.74) is 7.20. The lowest BCUT2D eigenvalue weighted by Crippen LogP contribution is -2.45. The number of hydrogen-bond donors (Lipinski definition) is 3. The predicted molar refractivity (Wildman–Crippen MR) is 41.1 cm³/mol. The number of alkyl halides is 1. The van der Waals surface area contributed by atoms with Crippen LogP contribution in [0.1, 0.15) is 6.42 Å². The molecule has 0 spiro atoms. The maximum absolute atomic E-state index is 10.7. The number of halogens is 1. The smallest absolute Gasteiger partial charge is 0.335 e. The number of carboxylic acids is 1. The molecule has 0 aliphatic carbocycles. The van der Waals surface area contributed by atoms with Gasteiger partial charge in [0.2, 0.25) is 0 Å². The molecule has 1 fully saturated rings. The summed E-state index contributed by atoms with van der Waals surface area (Å²) in [7, 11) is 0. The van der Waals surface area contributed by atoms with Gasteiger partial charge in [-0.3, -0.25) is 9.63 Å². The van der Waals surface area contributed by atoms with E-state index in [1.54, 1.807) is 0 Å². The highest BCUT2D eigenvalue weighted by molar-refractivity contribution is 9.10. The molecule has 1 rings (SSSR count). The lowest BCUT2D eigenvalue weighted by Gasteiger charge is -2.13. The first-order chi connectivity index (χ1) is 5.46. The molecule has 6 nitrogen and oxygen atoms in total. The van der Waals surface area contributed by atoms with E-state index in [2.05, 4.69) is 26.2 Å². The number of hydroxylamine groups is 1. The highest BCUT2D eigenvalue weighted by atomic mass is 79.9. The quantitative estimate of drug-likeness (QED) is 0.421. The van der Waals surface area contributed by atoms with Gasteiger partial charge in [0.05, 0.1) is 0 Å². The maximum Gasteiger partial charge on any atom is 0.335 e. The molecule has 0 aromatic rings. The fraction of sp³-hybridized carbons (Fsp3) is 0.600. The molecule has 0 radical (unpaired) electrons. The van der Waals surface area contributed by atoms with Gasteiger partial charge in [0.25, 0.3) is 5.91 Å². The Morgan fingerprint density at radius 3 is 2.58 bits per heavy atom. The number of carbonyl (C=O) groups is 2. The van der Waals surface area contributed by atoms with Crippen molar-refractivity contribution < 1.29 is 19.5 Å². The van der Waals surface area contributed by atoms with E-state index >= 15 is 0 Å². The third-order valence-electron chi connectivity index (χ3n) is 1.50. The Morgan fingerprint density at radius 2 is 2.33 bits per heavy atom. The van der Waals surface area contributed by atoms with Crippen LogP contribution in [0.15, 0.2) is 0 Å². The number of carbonyl (C=O) groups excluding carboxylic acids is 1. The molecule has 12 heavy (non-hydrogen) atoms. The largest absolute Gasteiger partial charge is 0.479 e. The van der Waals surface area contributed by atoms with Crippen LogP contribution in [0.25, 0.3) is 0 Å². The molecule has 7 heteroatoms.